The van der Waals surface area contributed by atoms with E-state index in [4.69, 9.17) is 21.7 Å². The first-order valence-electron chi connectivity index (χ1n) is 6.76. The zero-order valence-corrected chi connectivity index (χ0v) is 13.5. The lowest BCUT2D eigenvalue weighted by Crippen LogP contribution is -2.49. The molecule has 2 unspecified atom stereocenters. The Morgan fingerprint density at radius 3 is 2.25 bits per heavy atom. The molecule has 0 heterocycles. The average Bonchev–Trinajstić information content (AvgIpc) is 2.48. The molecule has 0 aromatic rings. The third-order valence-electron chi connectivity index (χ3n) is 2.59. The molecule has 0 aliphatic carbocycles. The molecule has 2 atom stereocenters. The summed E-state index contributed by atoms with van der Waals surface area (Å²) in [7, 11) is 0. The molecule has 3 amide bonds. The third-order valence-corrected chi connectivity index (χ3v) is 3.65. The molecule has 8 N–H and O–H groups in total. The van der Waals surface area contributed by atoms with Crippen LogP contribution in [0.1, 0.15) is 12.8 Å². The van der Waals surface area contributed by atoms with Crippen LogP contribution >= 0.6 is 11.8 Å². The number of thioether (sulfide) groups is 1. The number of rotatable bonds is 12. The van der Waals surface area contributed by atoms with E-state index in [1.54, 1.807) is 0 Å². The highest BCUT2D eigenvalue weighted by Crippen LogP contribution is 2.04. The summed E-state index contributed by atoms with van der Waals surface area (Å²) in [5.74, 6) is -4.58. The van der Waals surface area contributed by atoms with Crippen molar-refractivity contribution < 1.29 is 34.2 Å². The number of nitrogens with one attached hydrogen (secondary N) is 2. The molecule has 0 aromatic heterocycles. The molecule has 0 aliphatic heterocycles. The van der Waals surface area contributed by atoms with Gasteiger partial charge >= 0.3 is 11.9 Å². The first-order chi connectivity index (χ1) is 11.1. The van der Waals surface area contributed by atoms with E-state index >= 15 is 0 Å². The summed E-state index contributed by atoms with van der Waals surface area (Å²) < 4.78 is 0. The van der Waals surface area contributed by atoms with Crippen LogP contribution in [-0.2, 0) is 24.0 Å². The average molecular weight is 364 g/mol. The van der Waals surface area contributed by atoms with Crippen molar-refractivity contribution in [3.63, 3.8) is 0 Å². The minimum absolute atomic E-state index is 0.00881. The van der Waals surface area contributed by atoms with E-state index in [0.717, 1.165) is 11.8 Å². The summed E-state index contributed by atoms with van der Waals surface area (Å²) in [6.07, 6.45) is -0.351. The molecule has 0 radical (unpaired) electrons. The van der Waals surface area contributed by atoms with Crippen LogP contribution in [0, 0.1) is 0 Å². The van der Waals surface area contributed by atoms with Gasteiger partial charge in [0.2, 0.25) is 17.7 Å². The van der Waals surface area contributed by atoms with Gasteiger partial charge in [0.25, 0.3) is 0 Å². The number of aliphatic carboxylic acids is 2. The quantitative estimate of drug-likeness (QED) is 0.210. The number of carboxylic acid groups (broad SMARTS) is 2. The molecule has 0 fully saturated rings. The van der Waals surface area contributed by atoms with Gasteiger partial charge in [0.1, 0.15) is 18.6 Å². The maximum atomic E-state index is 11.9. The number of hydrogen-bond acceptors (Lipinski definition) is 7. The minimum Gasteiger partial charge on any atom is -0.480 e. The number of hydrogen-bond donors (Lipinski definition) is 6. The van der Waals surface area contributed by atoms with Gasteiger partial charge in [0.05, 0.1) is 5.75 Å². The Labute approximate surface area is 141 Å². The zero-order chi connectivity index (χ0) is 18.7. The summed E-state index contributed by atoms with van der Waals surface area (Å²) >= 11 is 0.987. The highest BCUT2D eigenvalue weighted by molar-refractivity contribution is 8.00. The third kappa shape index (κ3) is 10.4. The van der Waals surface area contributed by atoms with Crippen molar-refractivity contribution in [3.05, 3.63) is 0 Å². The predicted molar refractivity (Wildman–Crippen MR) is 83.9 cm³/mol. The molecule has 136 valence electrons. The van der Waals surface area contributed by atoms with Crippen molar-refractivity contribution in [2.24, 2.45) is 11.5 Å². The Bertz CT molecular complexity index is 500. The highest BCUT2D eigenvalue weighted by Gasteiger charge is 2.22. The Hall–Kier alpha value is -2.34. The van der Waals surface area contributed by atoms with E-state index in [1.165, 1.54) is 0 Å². The van der Waals surface area contributed by atoms with E-state index in [1.807, 2.05) is 0 Å². The van der Waals surface area contributed by atoms with E-state index in [2.05, 4.69) is 10.6 Å². The van der Waals surface area contributed by atoms with Gasteiger partial charge in [-0.3, -0.25) is 24.0 Å². The standard InChI is InChI=1S/C12H20N4O7S/c13-6(12(22)23)1-2-9(18)16-7(4-24-5-8(14)17)11(21)15-3-10(19)20/h6-7H,1-5,13H2,(H2,14,17)(H,15,21)(H,16,18)(H,19,20)(H,22,23). The molecule has 0 saturated heterocycles. The lowest BCUT2D eigenvalue weighted by Gasteiger charge is -2.18. The van der Waals surface area contributed by atoms with Crippen molar-refractivity contribution in [2.75, 3.05) is 18.1 Å². The monoisotopic (exact) mass is 364 g/mol. The second kappa shape index (κ2) is 11.2. The van der Waals surface area contributed by atoms with Gasteiger partial charge in [0.15, 0.2) is 0 Å². The maximum Gasteiger partial charge on any atom is 0.322 e. The van der Waals surface area contributed by atoms with Gasteiger partial charge in [-0.15, -0.1) is 11.8 Å². The molecule has 0 bridgehead atoms. The van der Waals surface area contributed by atoms with E-state index in [-0.39, 0.29) is 24.3 Å². The normalized spacial score (nSPS) is 12.7. The molecule has 24 heavy (non-hydrogen) atoms. The molecular weight excluding hydrogens is 344 g/mol. The van der Waals surface area contributed by atoms with Crippen LogP contribution < -0.4 is 22.1 Å². The van der Waals surface area contributed by atoms with Gasteiger partial charge in [-0.2, -0.15) is 0 Å². The van der Waals surface area contributed by atoms with E-state index in [9.17, 15) is 24.0 Å². The summed E-state index contributed by atoms with van der Waals surface area (Å²) in [6, 6.07) is -2.30. The van der Waals surface area contributed by atoms with Crippen LogP contribution in [0.25, 0.3) is 0 Å². The van der Waals surface area contributed by atoms with Gasteiger partial charge in [-0.05, 0) is 6.42 Å². The Kier molecular flexibility index (Phi) is 10.1. The molecule has 12 heteroatoms. The lowest BCUT2D eigenvalue weighted by atomic mass is 10.1. The van der Waals surface area contributed by atoms with Gasteiger partial charge in [-0.25, -0.2) is 0 Å². The van der Waals surface area contributed by atoms with Crippen LogP contribution in [0.4, 0.5) is 0 Å². The molecule has 0 aromatic carbocycles. The molecule has 0 spiro atoms. The minimum atomic E-state index is -1.26. The maximum absolute atomic E-state index is 11.9. The first-order valence-corrected chi connectivity index (χ1v) is 7.92. The number of carbonyl (C=O) groups excluding carboxylic acids is 3. The van der Waals surface area contributed by atoms with Gasteiger partial charge in [-0.1, -0.05) is 0 Å². The fraction of sp³-hybridized carbons (Fsp3) is 0.583. The number of amides is 3. The molecule has 0 rings (SSSR count). The highest BCUT2D eigenvalue weighted by atomic mass is 32.2. The SMILES string of the molecule is NC(=O)CSCC(NC(=O)CCC(N)C(=O)O)C(=O)NCC(=O)O. The van der Waals surface area contributed by atoms with Crippen molar-refractivity contribution >= 4 is 41.4 Å². The summed E-state index contributed by atoms with van der Waals surface area (Å²) in [5, 5.41) is 21.6. The summed E-state index contributed by atoms with van der Waals surface area (Å²) in [4.78, 5) is 55.4. The predicted octanol–water partition coefficient (Wildman–Crippen LogP) is -2.92. The van der Waals surface area contributed by atoms with Crippen molar-refractivity contribution in [1.29, 1.82) is 0 Å². The molecular formula is C12H20N4O7S. The van der Waals surface area contributed by atoms with Crippen LogP contribution in [0.3, 0.4) is 0 Å². The van der Waals surface area contributed by atoms with Crippen molar-refractivity contribution in [2.45, 2.75) is 24.9 Å². The zero-order valence-electron chi connectivity index (χ0n) is 12.7. The van der Waals surface area contributed by atoms with Crippen molar-refractivity contribution in [1.82, 2.24) is 10.6 Å². The van der Waals surface area contributed by atoms with E-state index < -0.39 is 48.3 Å². The second-order valence-corrected chi connectivity index (χ2v) is 5.73. The summed E-state index contributed by atoms with van der Waals surface area (Å²) in [6.45, 7) is -0.629. The Morgan fingerprint density at radius 2 is 1.75 bits per heavy atom. The molecule has 0 aliphatic rings. The Morgan fingerprint density at radius 1 is 1.12 bits per heavy atom. The number of primary amides is 1. The lowest BCUT2D eigenvalue weighted by molar-refractivity contribution is -0.139. The van der Waals surface area contributed by atoms with E-state index in [0.29, 0.717) is 0 Å². The molecule has 0 saturated carbocycles. The smallest absolute Gasteiger partial charge is 0.322 e. The number of carboxylic acids is 2. The molecule has 11 nitrogen and oxygen atoms in total. The Balaban J connectivity index is 4.57. The van der Waals surface area contributed by atoms with Gasteiger partial charge in [0, 0.05) is 12.2 Å². The first kappa shape index (κ1) is 21.7. The van der Waals surface area contributed by atoms with Crippen LogP contribution in [0.15, 0.2) is 0 Å². The van der Waals surface area contributed by atoms with Crippen LogP contribution in [0.5, 0.6) is 0 Å². The van der Waals surface area contributed by atoms with Gasteiger partial charge < -0.3 is 32.3 Å². The largest absolute Gasteiger partial charge is 0.480 e. The number of carbonyl (C=O) groups is 5. The van der Waals surface area contributed by atoms with Crippen LogP contribution in [0.2, 0.25) is 0 Å². The second-order valence-electron chi connectivity index (χ2n) is 4.70. The summed E-state index contributed by atoms with van der Waals surface area (Å²) in [5.41, 5.74) is 10.2. The van der Waals surface area contributed by atoms with Crippen LogP contribution in [-0.4, -0.2) is 70.0 Å². The fourth-order valence-electron chi connectivity index (χ4n) is 1.42. The topological polar surface area (TPSA) is 202 Å². The van der Waals surface area contributed by atoms with Crippen molar-refractivity contribution in [3.8, 4) is 0 Å². The fourth-order valence-corrected chi connectivity index (χ4v) is 2.21. The number of nitrogens with two attached hydrogens (primary N) is 2.